The molecule has 0 radical (unpaired) electrons. The van der Waals surface area contributed by atoms with Crippen LogP contribution in [0.1, 0.15) is 13.3 Å². The number of aromatic amines is 1. The number of hydrogen-bond acceptors (Lipinski definition) is 4. The van der Waals surface area contributed by atoms with E-state index < -0.39 is 6.04 Å². The fraction of sp³-hybridized carbons (Fsp3) is 0.357. The van der Waals surface area contributed by atoms with Crippen LogP contribution in [0.15, 0.2) is 35.4 Å². The van der Waals surface area contributed by atoms with Crippen LogP contribution in [0.5, 0.6) is 0 Å². The number of carbonyl (C=O) groups excluding carboxylic acids is 1. The second-order valence-corrected chi connectivity index (χ2v) is 5.35. The van der Waals surface area contributed by atoms with Crippen LogP contribution in [0.25, 0.3) is 10.9 Å². The Labute approximate surface area is 116 Å². The van der Waals surface area contributed by atoms with Crippen LogP contribution in [0.2, 0.25) is 0 Å². The maximum atomic E-state index is 11.4. The van der Waals surface area contributed by atoms with Crippen LogP contribution in [0.4, 0.5) is 0 Å². The third kappa shape index (κ3) is 3.75. The fourth-order valence-corrected chi connectivity index (χ4v) is 2.77. The molecule has 0 aliphatic rings. The highest BCUT2D eigenvalue weighted by Crippen LogP contribution is 2.23. The van der Waals surface area contributed by atoms with Crippen molar-refractivity contribution in [3.63, 3.8) is 0 Å². The summed E-state index contributed by atoms with van der Waals surface area (Å²) < 4.78 is 4.87. The first-order chi connectivity index (χ1) is 9.20. The summed E-state index contributed by atoms with van der Waals surface area (Å²) in [7, 11) is 0. The third-order valence-electron chi connectivity index (χ3n) is 2.78. The van der Waals surface area contributed by atoms with E-state index in [9.17, 15) is 4.79 Å². The van der Waals surface area contributed by atoms with Gasteiger partial charge < -0.3 is 15.5 Å². The molecule has 5 heteroatoms. The van der Waals surface area contributed by atoms with Crippen LogP contribution in [0.3, 0.4) is 0 Å². The van der Waals surface area contributed by atoms with Crippen molar-refractivity contribution in [3.05, 3.63) is 30.3 Å². The van der Waals surface area contributed by atoms with Gasteiger partial charge in [-0.2, -0.15) is 0 Å². The van der Waals surface area contributed by atoms with Crippen LogP contribution < -0.4 is 5.73 Å². The van der Waals surface area contributed by atoms with Gasteiger partial charge in [-0.1, -0.05) is 18.2 Å². The van der Waals surface area contributed by atoms with Gasteiger partial charge >= 0.3 is 5.97 Å². The molecule has 1 heterocycles. The van der Waals surface area contributed by atoms with Crippen molar-refractivity contribution in [2.24, 2.45) is 5.73 Å². The van der Waals surface area contributed by atoms with Gasteiger partial charge in [0.05, 0.1) is 11.6 Å². The summed E-state index contributed by atoms with van der Waals surface area (Å²) in [6, 6.07) is 9.71. The average molecular weight is 278 g/mol. The molecule has 1 atom stereocenters. The molecule has 1 aromatic heterocycles. The molecule has 102 valence electrons. The second kappa shape index (κ2) is 6.63. The van der Waals surface area contributed by atoms with E-state index in [1.165, 1.54) is 5.39 Å². The first kappa shape index (κ1) is 14.0. The first-order valence-electron chi connectivity index (χ1n) is 6.33. The Hall–Kier alpha value is -1.46. The maximum absolute atomic E-state index is 11.4. The molecule has 0 fully saturated rings. The molecule has 0 saturated heterocycles. The molecular weight excluding hydrogens is 260 g/mol. The van der Waals surface area contributed by atoms with Crippen molar-refractivity contribution in [2.45, 2.75) is 24.4 Å². The number of carbonyl (C=O) groups is 1. The topological polar surface area (TPSA) is 68.1 Å². The molecule has 0 bridgehead atoms. The van der Waals surface area contributed by atoms with Crippen LogP contribution >= 0.6 is 11.8 Å². The lowest BCUT2D eigenvalue weighted by molar-refractivity contribution is -0.144. The summed E-state index contributed by atoms with van der Waals surface area (Å²) in [4.78, 5) is 14.7. The van der Waals surface area contributed by atoms with Crippen LogP contribution in [-0.4, -0.2) is 29.4 Å². The molecule has 0 aliphatic heterocycles. The number of ether oxygens (including phenoxy) is 1. The standard InChI is InChI=1S/C14H18N2O2S/c1-2-18-14(17)11(15)7-8-19-13-9-10-5-3-4-6-12(10)16-13/h3-6,9,11,16H,2,7-8,15H2,1H3. The number of rotatable bonds is 6. The quantitative estimate of drug-likeness (QED) is 0.629. The first-order valence-corrected chi connectivity index (χ1v) is 7.32. The van der Waals surface area contributed by atoms with Crippen molar-refractivity contribution in [1.82, 2.24) is 4.98 Å². The van der Waals surface area contributed by atoms with Gasteiger partial charge in [0.1, 0.15) is 6.04 Å². The maximum Gasteiger partial charge on any atom is 0.322 e. The average Bonchev–Trinajstić information content (AvgIpc) is 2.81. The lowest BCUT2D eigenvalue weighted by Gasteiger charge is -2.09. The Kier molecular flexibility index (Phi) is 4.87. The molecule has 0 spiro atoms. The predicted octanol–water partition coefficient (Wildman–Crippen LogP) is 2.54. The van der Waals surface area contributed by atoms with Crippen molar-refractivity contribution >= 4 is 28.6 Å². The third-order valence-corrected chi connectivity index (χ3v) is 3.75. The predicted molar refractivity (Wildman–Crippen MR) is 78.2 cm³/mol. The van der Waals surface area contributed by atoms with Gasteiger partial charge in [0.2, 0.25) is 0 Å². The number of fused-ring (bicyclic) bond motifs is 1. The molecule has 1 unspecified atom stereocenters. The number of nitrogens with one attached hydrogen (secondary N) is 1. The van der Waals surface area contributed by atoms with Gasteiger partial charge in [-0.25, -0.2) is 0 Å². The Morgan fingerprint density at radius 1 is 1.47 bits per heavy atom. The van der Waals surface area contributed by atoms with Gasteiger partial charge in [0.15, 0.2) is 0 Å². The van der Waals surface area contributed by atoms with Crippen molar-refractivity contribution < 1.29 is 9.53 Å². The Bertz CT molecular complexity index is 520. The SMILES string of the molecule is CCOC(=O)C(N)CCSc1cc2ccccc2[nH]1. The van der Waals surface area contributed by atoms with Crippen molar-refractivity contribution in [3.8, 4) is 0 Å². The van der Waals surface area contributed by atoms with Gasteiger partial charge in [-0.05, 0) is 25.5 Å². The minimum Gasteiger partial charge on any atom is -0.465 e. The monoisotopic (exact) mass is 278 g/mol. The summed E-state index contributed by atoms with van der Waals surface area (Å²) in [5, 5.41) is 2.29. The van der Waals surface area contributed by atoms with E-state index in [2.05, 4.69) is 17.1 Å². The normalized spacial score (nSPS) is 12.5. The number of esters is 1. The van der Waals surface area contributed by atoms with E-state index >= 15 is 0 Å². The van der Waals surface area contributed by atoms with E-state index in [1.54, 1.807) is 18.7 Å². The number of thioether (sulfide) groups is 1. The number of para-hydroxylation sites is 1. The number of aromatic nitrogens is 1. The van der Waals surface area contributed by atoms with E-state index in [-0.39, 0.29) is 5.97 Å². The Morgan fingerprint density at radius 3 is 3.00 bits per heavy atom. The smallest absolute Gasteiger partial charge is 0.322 e. The second-order valence-electron chi connectivity index (χ2n) is 4.22. The van der Waals surface area contributed by atoms with Gasteiger partial charge in [0, 0.05) is 16.7 Å². The molecule has 2 rings (SSSR count). The van der Waals surface area contributed by atoms with Gasteiger partial charge in [-0.3, -0.25) is 4.79 Å². The van der Waals surface area contributed by atoms with Crippen molar-refractivity contribution in [2.75, 3.05) is 12.4 Å². The summed E-state index contributed by atoms with van der Waals surface area (Å²) in [5.74, 6) is 0.465. The van der Waals surface area contributed by atoms with E-state index in [0.29, 0.717) is 13.0 Å². The number of hydrogen-bond donors (Lipinski definition) is 2. The molecule has 0 saturated carbocycles. The highest BCUT2D eigenvalue weighted by atomic mass is 32.2. The van der Waals surface area contributed by atoms with Crippen molar-refractivity contribution in [1.29, 1.82) is 0 Å². The lowest BCUT2D eigenvalue weighted by Crippen LogP contribution is -2.32. The minimum absolute atomic E-state index is 0.320. The van der Waals surface area contributed by atoms with Crippen LogP contribution in [-0.2, 0) is 9.53 Å². The highest BCUT2D eigenvalue weighted by Gasteiger charge is 2.14. The molecule has 3 N–H and O–H groups in total. The van der Waals surface area contributed by atoms with Gasteiger partial charge in [0.25, 0.3) is 0 Å². The zero-order valence-corrected chi connectivity index (χ0v) is 11.7. The Morgan fingerprint density at radius 2 is 2.26 bits per heavy atom. The molecular formula is C14H18N2O2S. The van der Waals surface area contributed by atoms with E-state index in [0.717, 1.165) is 16.3 Å². The van der Waals surface area contributed by atoms with E-state index in [1.807, 2.05) is 18.2 Å². The summed E-state index contributed by atoms with van der Waals surface area (Å²) >= 11 is 1.67. The summed E-state index contributed by atoms with van der Waals surface area (Å²) in [6.07, 6.45) is 0.610. The zero-order chi connectivity index (χ0) is 13.7. The molecule has 4 nitrogen and oxygen atoms in total. The van der Waals surface area contributed by atoms with Crippen LogP contribution in [0, 0.1) is 0 Å². The fourth-order valence-electron chi connectivity index (χ4n) is 1.79. The minimum atomic E-state index is -0.531. The number of nitrogens with two attached hydrogens (primary N) is 1. The van der Waals surface area contributed by atoms with E-state index in [4.69, 9.17) is 10.5 Å². The Balaban J connectivity index is 1.84. The molecule has 2 aromatic rings. The molecule has 0 amide bonds. The summed E-state index contributed by atoms with van der Waals surface area (Å²) in [6.45, 7) is 2.16. The largest absolute Gasteiger partial charge is 0.465 e. The molecule has 1 aromatic carbocycles. The zero-order valence-electron chi connectivity index (χ0n) is 10.9. The molecule has 19 heavy (non-hydrogen) atoms. The number of benzene rings is 1. The highest BCUT2D eigenvalue weighted by molar-refractivity contribution is 7.99. The number of H-pyrrole nitrogens is 1. The summed E-state index contributed by atoms with van der Waals surface area (Å²) in [5.41, 5.74) is 6.87. The lowest BCUT2D eigenvalue weighted by atomic mass is 10.2. The molecule has 0 aliphatic carbocycles. The van der Waals surface area contributed by atoms with Gasteiger partial charge in [-0.15, -0.1) is 11.8 Å².